The zero-order valence-electron chi connectivity index (χ0n) is 31.6. The SMILES string of the molecule is CCCCCCCCCCCCC/C=C/[C@H](O)[C@H](CO[C@@H]1OC(CO)[C@@H](O[C@@H]2OC(CO)[C@H](O)C(O)[C@@H]2O)[C@H](O)C1O)NC(=O)CCCCCCC. The minimum absolute atomic E-state index is 0.255. The molecule has 0 aliphatic carbocycles. The molecule has 0 radical (unpaired) electrons. The van der Waals surface area contributed by atoms with Crippen molar-refractivity contribution in [2.75, 3.05) is 19.8 Å². The Hall–Kier alpha value is -1.27. The van der Waals surface area contributed by atoms with Gasteiger partial charge < -0.3 is 65.1 Å². The van der Waals surface area contributed by atoms with E-state index in [1.54, 1.807) is 6.08 Å². The molecule has 2 aliphatic heterocycles. The van der Waals surface area contributed by atoms with E-state index in [9.17, 15) is 45.6 Å². The molecular formula is C38H71NO13. The molecule has 0 spiro atoms. The normalized spacial score (nSPS) is 30.8. The van der Waals surface area contributed by atoms with Crippen LogP contribution in [0.3, 0.4) is 0 Å². The predicted molar refractivity (Wildman–Crippen MR) is 194 cm³/mol. The van der Waals surface area contributed by atoms with Crippen molar-refractivity contribution in [3.8, 4) is 0 Å². The first-order chi connectivity index (χ1) is 25.1. The van der Waals surface area contributed by atoms with E-state index in [1.165, 1.54) is 57.8 Å². The van der Waals surface area contributed by atoms with E-state index < -0.39 is 86.8 Å². The van der Waals surface area contributed by atoms with E-state index >= 15 is 0 Å². The second-order valence-electron chi connectivity index (χ2n) is 14.4. The quantitative estimate of drug-likeness (QED) is 0.0413. The number of rotatable bonds is 28. The number of ether oxygens (including phenoxy) is 4. The summed E-state index contributed by atoms with van der Waals surface area (Å²) in [6, 6.07) is -0.902. The molecule has 306 valence electrons. The van der Waals surface area contributed by atoms with Crippen LogP contribution in [0.15, 0.2) is 12.2 Å². The number of nitrogens with one attached hydrogen (secondary N) is 1. The van der Waals surface area contributed by atoms with Crippen LogP contribution in [0.5, 0.6) is 0 Å². The zero-order chi connectivity index (χ0) is 38.3. The van der Waals surface area contributed by atoms with Crippen molar-refractivity contribution in [1.82, 2.24) is 5.32 Å². The maximum atomic E-state index is 12.8. The number of carbonyl (C=O) groups excluding carboxylic acids is 1. The molecule has 12 atom stereocenters. The standard InChI is InChI=1S/C38H71NO13/c1-3-5-7-9-10-11-12-13-14-15-16-18-19-21-27(42)26(39-30(43)22-20-17-8-6-4-2)25-49-37-35(48)33(46)36(29(24-41)51-37)52-38-34(47)32(45)31(44)28(23-40)50-38/h19,21,26-29,31-38,40-42,44-48H,3-18,20,22-25H2,1-2H3,(H,39,43)/b21-19+/t26-,27-,28?,29?,31-,32?,33+,34-,35?,36+,37+,38-/m0/s1. The summed E-state index contributed by atoms with van der Waals surface area (Å²) in [5.41, 5.74) is 0. The Balaban J connectivity index is 1.93. The molecule has 14 nitrogen and oxygen atoms in total. The van der Waals surface area contributed by atoms with Crippen LogP contribution in [0, 0.1) is 0 Å². The highest BCUT2D eigenvalue weighted by Gasteiger charge is 2.50. The second kappa shape index (κ2) is 27.3. The Kier molecular flexibility index (Phi) is 24.6. The van der Waals surface area contributed by atoms with Crippen molar-refractivity contribution in [3.05, 3.63) is 12.2 Å². The van der Waals surface area contributed by atoms with E-state index in [0.29, 0.717) is 6.42 Å². The zero-order valence-corrected chi connectivity index (χ0v) is 31.6. The molecule has 4 unspecified atom stereocenters. The summed E-state index contributed by atoms with van der Waals surface area (Å²) in [5, 5.41) is 85.8. The number of carbonyl (C=O) groups is 1. The van der Waals surface area contributed by atoms with Crippen LogP contribution in [0.1, 0.15) is 129 Å². The van der Waals surface area contributed by atoms with Gasteiger partial charge in [-0.2, -0.15) is 0 Å². The van der Waals surface area contributed by atoms with Gasteiger partial charge in [-0.05, 0) is 19.3 Å². The fourth-order valence-electron chi connectivity index (χ4n) is 6.58. The molecule has 52 heavy (non-hydrogen) atoms. The fraction of sp³-hybridized carbons (Fsp3) is 0.921. The molecule has 1 amide bonds. The molecule has 0 aromatic rings. The van der Waals surface area contributed by atoms with Crippen molar-refractivity contribution in [3.63, 3.8) is 0 Å². The summed E-state index contributed by atoms with van der Waals surface area (Å²) in [4.78, 5) is 12.8. The Morgan fingerprint density at radius 3 is 1.77 bits per heavy atom. The lowest BCUT2D eigenvalue weighted by Crippen LogP contribution is -2.65. The van der Waals surface area contributed by atoms with Gasteiger partial charge in [0.15, 0.2) is 12.6 Å². The number of unbranched alkanes of at least 4 members (excludes halogenated alkanes) is 15. The number of aliphatic hydroxyl groups excluding tert-OH is 8. The van der Waals surface area contributed by atoms with Crippen LogP contribution in [0.4, 0.5) is 0 Å². The van der Waals surface area contributed by atoms with Gasteiger partial charge in [-0.25, -0.2) is 0 Å². The van der Waals surface area contributed by atoms with Gasteiger partial charge >= 0.3 is 0 Å². The van der Waals surface area contributed by atoms with E-state index in [4.69, 9.17) is 18.9 Å². The maximum Gasteiger partial charge on any atom is 0.220 e. The smallest absolute Gasteiger partial charge is 0.220 e. The highest BCUT2D eigenvalue weighted by Crippen LogP contribution is 2.29. The van der Waals surface area contributed by atoms with Crippen molar-refractivity contribution in [2.45, 2.75) is 203 Å². The average molecular weight is 750 g/mol. The van der Waals surface area contributed by atoms with Gasteiger partial charge in [0.2, 0.25) is 5.91 Å². The molecular weight excluding hydrogens is 678 g/mol. The summed E-state index contributed by atoms with van der Waals surface area (Å²) in [6.07, 6.45) is 6.08. The van der Waals surface area contributed by atoms with Gasteiger partial charge in [0.05, 0.1) is 32.0 Å². The number of aliphatic hydroxyl groups is 8. The fourth-order valence-corrected chi connectivity index (χ4v) is 6.58. The summed E-state index contributed by atoms with van der Waals surface area (Å²) in [6.45, 7) is 2.64. The van der Waals surface area contributed by atoms with Crippen molar-refractivity contribution < 1.29 is 64.6 Å². The average Bonchev–Trinajstić information content (AvgIpc) is 3.14. The minimum Gasteiger partial charge on any atom is -0.394 e. The lowest BCUT2D eigenvalue weighted by Gasteiger charge is -2.46. The lowest BCUT2D eigenvalue weighted by molar-refractivity contribution is -0.359. The molecule has 0 bridgehead atoms. The summed E-state index contributed by atoms with van der Waals surface area (Å²) in [5.74, 6) is -0.255. The Morgan fingerprint density at radius 1 is 0.673 bits per heavy atom. The third-order valence-electron chi connectivity index (χ3n) is 9.97. The molecule has 2 fully saturated rings. The molecule has 0 saturated carbocycles. The van der Waals surface area contributed by atoms with Crippen LogP contribution in [0.25, 0.3) is 0 Å². The number of amides is 1. The summed E-state index contributed by atoms with van der Waals surface area (Å²) in [7, 11) is 0. The third kappa shape index (κ3) is 16.6. The molecule has 2 saturated heterocycles. The molecule has 0 aromatic carbocycles. The van der Waals surface area contributed by atoms with E-state index in [1.807, 2.05) is 6.08 Å². The van der Waals surface area contributed by atoms with E-state index in [2.05, 4.69) is 19.2 Å². The van der Waals surface area contributed by atoms with Crippen molar-refractivity contribution >= 4 is 5.91 Å². The van der Waals surface area contributed by atoms with Gasteiger partial charge in [0.25, 0.3) is 0 Å². The number of hydrogen-bond acceptors (Lipinski definition) is 13. The van der Waals surface area contributed by atoms with Crippen LogP contribution in [-0.2, 0) is 23.7 Å². The van der Waals surface area contributed by atoms with Gasteiger partial charge in [-0.15, -0.1) is 0 Å². The minimum atomic E-state index is -1.78. The highest BCUT2D eigenvalue weighted by atomic mass is 16.7. The monoisotopic (exact) mass is 749 g/mol. The van der Waals surface area contributed by atoms with Gasteiger partial charge in [0.1, 0.15) is 48.8 Å². The van der Waals surface area contributed by atoms with E-state index in [-0.39, 0.29) is 18.9 Å². The van der Waals surface area contributed by atoms with Crippen LogP contribution >= 0.6 is 0 Å². The first-order valence-corrected chi connectivity index (χ1v) is 19.9. The van der Waals surface area contributed by atoms with Crippen LogP contribution in [0.2, 0.25) is 0 Å². The largest absolute Gasteiger partial charge is 0.394 e. The molecule has 2 aliphatic rings. The van der Waals surface area contributed by atoms with Crippen LogP contribution in [-0.4, -0.2) is 140 Å². The molecule has 0 aromatic heterocycles. The molecule has 2 heterocycles. The predicted octanol–water partition coefficient (Wildman–Crippen LogP) is 2.09. The first-order valence-electron chi connectivity index (χ1n) is 19.9. The van der Waals surface area contributed by atoms with Crippen molar-refractivity contribution in [2.24, 2.45) is 0 Å². The Labute approximate surface area is 310 Å². The Morgan fingerprint density at radius 2 is 1.19 bits per heavy atom. The Bertz CT molecular complexity index is 941. The van der Waals surface area contributed by atoms with Crippen molar-refractivity contribution in [1.29, 1.82) is 0 Å². The summed E-state index contributed by atoms with van der Waals surface area (Å²) >= 11 is 0. The highest BCUT2D eigenvalue weighted by molar-refractivity contribution is 5.76. The second-order valence-corrected chi connectivity index (χ2v) is 14.4. The topological polar surface area (TPSA) is 228 Å². The third-order valence-corrected chi connectivity index (χ3v) is 9.97. The van der Waals surface area contributed by atoms with E-state index in [0.717, 1.165) is 44.9 Å². The van der Waals surface area contributed by atoms with Gasteiger partial charge in [-0.3, -0.25) is 4.79 Å². The summed E-state index contributed by atoms with van der Waals surface area (Å²) < 4.78 is 22.5. The maximum absolute atomic E-state index is 12.8. The lowest BCUT2D eigenvalue weighted by atomic mass is 9.97. The number of allylic oxidation sites excluding steroid dienone is 1. The molecule has 14 heteroatoms. The van der Waals surface area contributed by atoms with Gasteiger partial charge in [0, 0.05) is 6.42 Å². The first kappa shape index (κ1) is 46.9. The number of hydrogen-bond donors (Lipinski definition) is 9. The molecule has 2 rings (SSSR count). The molecule has 9 N–H and O–H groups in total. The van der Waals surface area contributed by atoms with Crippen LogP contribution < -0.4 is 5.32 Å². The van der Waals surface area contributed by atoms with Gasteiger partial charge in [-0.1, -0.05) is 116 Å².